The van der Waals surface area contributed by atoms with Gasteiger partial charge in [-0.05, 0) is 37.2 Å². The molecule has 3 fully saturated rings. The minimum Gasteiger partial charge on any atom is -0.353 e. The summed E-state index contributed by atoms with van der Waals surface area (Å²) in [6.07, 6.45) is 9.86. The number of rotatable bonds is 3. The van der Waals surface area contributed by atoms with Crippen LogP contribution in [0.15, 0.2) is 0 Å². The van der Waals surface area contributed by atoms with Gasteiger partial charge in [-0.3, -0.25) is 9.59 Å². The first-order valence-corrected chi connectivity index (χ1v) is 10.1. The van der Waals surface area contributed by atoms with Gasteiger partial charge in [-0.1, -0.05) is 25.7 Å². The lowest BCUT2D eigenvalue weighted by atomic mass is 10.1. The molecule has 2 saturated heterocycles. The van der Waals surface area contributed by atoms with Gasteiger partial charge in [-0.2, -0.15) is 11.8 Å². The Balaban J connectivity index is 1.52. The molecule has 0 spiro atoms. The summed E-state index contributed by atoms with van der Waals surface area (Å²) < 4.78 is 0. The zero-order valence-electron chi connectivity index (χ0n) is 13.4. The summed E-state index contributed by atoms with van der Waals surface area (Å²) in [5.74, 6) is 2.48. The van der Waals surface area contributed by atoms with E-state index in [9.17, 15) is 9.59 Å². The van der Waals surface area contributed by atoms with E-state index in [1.807, 2.05) is 16.7 Å². The van der Waals surface area contributed by atoms with Crippen molar-refractivity contribution in [2.75, 3.05) is 18.1 Å². The molecule has 3 aliphatic rings. The molecule has 2 amide bonds. The Kier molecular flexibility index (Phi) is 5.66. The van der Waals surface area contributed by atoms with Crippen molar-refractivity contribution in [1.82, 2.24) is 10.2 Å². The lowest BCUT2D eigenvalue weighted by Gasteiger charge is -2.27. The molecule has 1 aliphatic carbocycles. The maximum atomic E-state index is 12.5. The van der Waals surface area contributed by atoms with Crippen molar-refractivity contribution in [3.63, 3.8) is 0 Å². The first-order chi connectivity index (χ1) is 10.7. The lowest BCUT2D eigenvalue weighted by molar-refractivity contribution is -0.130. The van der Waals surface area contributed by atoms with E-state index in [-0.39, 0.29) is 17.7 Å². The summed E-state index contributed by atoms with van der Waals surface area (Å²) in [7, 11) is 0. The normalized spacial score (nSPS) is 28.6. The zero-order valence-corrected chi connectivity index (χ0v) is 14.2. The molecule has 1 saturated carbocycles. The first-order valence-electron chi connectivity index (χ1n) is 8.91. The first kappa shape index (κ1) is 16.2. The summed E-state index contributed by atoms with van der Waals surface area (Å²) >= 11 is 1.97. The predicted molar refractivity (Wildman–Crippen MR) is 89.8 cm³/mol. The SMILES string of the molecule is O=C(NC1CCSCC1)[C@@H]1CC(=O)N(C2CCCCCC2)C1. The monoisotopic (exact) mass is 324 g/mol. The Labute approximate surface area is 137 Å². The molecule has 124 valence electrons. The maximum Gasteiger partial charge on any atom is 0.225 e. The molecule has 0 bridgehead atoms. The van der Waals surface area contributed by atoms with Crippen molar-refractivity contribution >= 4 is 23.6 Å². The summed E-state index contributed by atoms with van der Waals surface area (Å²) in [6.45, 7) is 0.650. The highest BCUT2D eigenvalue weighted by Gasteiger charge is 2.38. The fourth-order valence-electron chi connectivity index (χ4n) is 3.99. The minimum absolute atomic E-state index is 0.112. The van der Waals surface area contributed by atoms with E-state index in [1.54, 1.807) is 0 Å². The van der Waals surface area contributed by atoms with Crippen LogP contribution in [0, 0.1) is 5.92 Å². The molecule has 0 aromatic carbocycles. The van der Waals surface area contributed by atoms with Crippen LogP contribution in [0.5, 0.6) is 0 Å². The van der Waals surface area contributed by atoms with Gasteiger partial charge in [0.1, 0.15) is 0 Å². The maximum absolute atomic E-state index is 12.5. The van der Waals surface area contributed by atoms with Gasteiger partial charge in [0, 0.05) is 25.0 Å². The highest BCUT2D eigenvalue weighted by molar-refractivity contribution is 7.99. The molecule has 0 radical (unpaired) electrons. The Hall–Kier alpha value is -0.710. The number of carbonyl (C=O) groups is 2. The Morgan fingerprint density at radius 3 is 2.41 bits per heavy atom. The molecule has 2 aliphatic heterocycles. The summed E-state index contributed by atoms with van der Waals surface area (Å²) in [5, 5.41) is 3.19. The molecule has 3 rings (SSSR count). The molecule has 1 atom stereocenters. The van der Waals surface area contributed by atoms with Crippen molar-refractivity contribution in [1.29, 1.82) is 0 Å². The average molecular weight is 324 g/mol. The lowest BCUT2D eigenvalue weighted by Crippen LogP contribution is -2.42. The molecule has 0 aromatic rings. The number of carbonyl (C=O) groups excluding carboxylic acids is 2. The number of hydrogen-bond acceptors (Lipinski definition) is 3. The van der Waals surface area contributed by atoms with Crippen LogP contribution in [0.4, 0.5) is 0 Å². The van der Waals surface area contributed by atoms with Crippen molar-refractivity contribution in [2.45, 2.75) is 69.9 Å². The van der Waals surface area contributed by atoms with Crippen molar-refractivity contribution < 1.29 is 9.59 Å². The molecule has 1 N–H and O–H groups in total. The number of nitrogens with zero attached hydrogens (tertiary/aromatic N) is 1. The van der Waals surface area contributed by atoms with Crippen molar-refractivity contribution in [2.24, 2.45) is 5.92 Å². The van der Waals surface area contributed by atoms with Crippen molar-refractivity contribution in [3.8, 4) is 0 Å². The van der Waals surface area contributed by atoms with Crippen LogP contribution in [0.2, 0.25) is 0 Å². The number of likely N-dealkylation sites (tertiary alicyclic amines) is 1. The molecular weight excluding hydrogens is 296 g/mol. The molecule has 2 heterocycles. The highest BCUT2D eigenvalue weighted by Crippen LogP contribution is 2.28. The van der Waals surface area contributed by atoms with Gasteiger partial charge >= 0.3 is 0 Å². The van der Waals surface area contributed by atoms with Gasteiger partial charge in [0.25, 0.3) is 0 Å². The van der Waals surface area contributed by atoms with E-state index >= 15 is 0 Å². The van der Waals surface area contributed by atoms with Crippen LogP contribution in [0.25, 0.3) is 0 Å². The third-order valence-electron chi connectivity index (χ3n) is 5.36. The van der Waals surface area contributed by atoms with Gasteiger partial charge in [0.05, 0.1) is 5.92 Å². The van der Waals surface area contributed by atoms with Gasteiger partial charge in [-0.25, -0.2) is 0 Å². The standard InChI is InChI=1S/C17H28N2O2S/c20-16-11-13(17(21)18-14-7-9-22-10-8-14)12-19(16)15-5-3-1-2-4-6-15/h13-15H,1-12H2,(H,18,21)/t13-/m1/s1. The molecule has 22 heavy (non-hydrogen) atoms. The number of thioether (sulfide) groups is 1. The second kappa shape index (κ2) is 7.71. The van der Waals surface area contributed by atoms with E-state index < -0.39 is 0 Å². The van der Waals surface area contributed by atoms with Crippen LogP contribution < -0.4 is 5.32 Å². The minimum atomic E-state index is -0.120. The predicted octanol–water partition coefficient (Wildman–Crippen LogP) is 2.57. The van der Waals surface area contributed by atoms with Gasteiger partial charge in [-0.15, -0.1) is 0 Å². The largest absolute Gasteiger partial charge is 0.353 e. The van der Waals surface area contributed by atoms with Crippen LogP contribution in [-0.4, -0.2) is 46.8 Å². The quantitative estimate of drug-likeness (QED) is 0.812. The second-order valence-electron chi connectivity index (χ2n) is 6.99. The average Bonchev–Trinajstić information content (AvgIpc) is 2.74. The number of amides is 2. The zero-order chi connectivity index (χ0) is 15.4. The van der Waals surface area contributed by atoms with Gasteiger partial charge in [0.15, 0.2) is 0 Å². The molecule has 5 heteroatoms. The topological polar surface area (TPSA) is 49.4 Å². The molecule has 0 unspecified atom stereocenters. The van der Waals surface area contributed by atoms with Crippen LogP contribution in [-0.2, 0) is 9.59 Å². The van der Waals surface area contributed by atoms with Crippen LogP contribution >= 0.6 is 11.8 Å². The highest BCUT2D eigenvalue weighted by atomic mass is 32.2. The summed E-state index contributed by atoms with van der Waals surface area (Å²) in [6, 6.07) is 0.717. The van der Waals surface area contributed by atoms with E-state index in [2.05, 4.69) is 5.32 Å². The van der Waals surface area contributed by atoms with Gasteiger partial charge in [0.2, 0.25) is 11.8 Å². The fraction of sp³-hybridized carbons (Fsp3) is 0.882. The molecular formula is C17H28N2O2S. The van der Waals surface area contributed by atoms with E-state index in [0.29, 0.717) is 25.0 Å². The number of hydrogen-bond donors (Lipinski definition) is 1. The number of nitrogens with one attached hydrogen (secondary N) is 1. The smallest absolute Gasteiger partial charge is 0.225 e. The van der Waals surface area contributed by atoms with Gasteiger partial charge < -0.3 is 10.2 Å². The fourth-order valence-corrected chi connectivity index (χ4v) is 5.10. The third kappa shape index (κ3) is 3.98. The summed E-state index contributed by atoms with van der Waals surface area (Å²) in [4.78, 5) is 26.8. The molecule has 0 aromatic heterocycles. The molecule has 4 nitrogen and oxygen atoms in total. The van der Waals surface area contributed by atoms with E-state index in [0.717, 1.165) is 37.2 Å². The van der Waals surface area contributed by atoms with E-state index in [1.165, 1.54) is 25.7 Å². The van der Waals surface area contributed by atoms with Crippen LogP contribution in [0.3, 0.4) is 0 Å². The van der Waals surface area contributed by atoms with E-state index in [4.69, 9.17) is 0 Å². The van der Waals surface area contributed by atoms with Crippen molar-refractivity contribution in [3.05, 3.63) is 0 Å². The Morgan fingerprint density at radius 1 is 1.05 bits per heavy atom. The Morgan fingerprint density at radius 2 is 1.73 bits per heavy atom. The summed E-state index contributed by atoms with van der Waals surface area (Å²) in [5.41, 5.74) is 0. The van der Waals surface area contributed by atoms with Crippen LogP contribution in [0.1, 0.15) is 57.8 Å². The third-order valence-corrected chi connectivity index (χ3v) is 6.41. The Bertz CT molecular complexity index is 401. The second-order valence-corrected chi connectivity index (χ2v) is 8.21.